The summed E-state index contributed by atoms with van der Waals surface area (Å²) in [6.07, 6.45) is 13.9. The predicted octanol–water partition coefficient (Wildman–Crippen LogP) is 3.36. The summed E-state index contributed by atoms with van der Waals surface area (Å²) in [6, 6.07) is 0. The lowest BCUT2D eigenvalue weighted by atomic mass is 10.1. The van der Waals surface area contributed by atoms with Crippen molar-refractivity contribution in [1.82, 2.24) is 0 Å². The first kappa shape index (κ1) is 23.9. The molecule has 0 aromatic heterocycles. The summed E-state index contributed by atoms with van der Waals surface area (Å²) in [7, 11) is 8.50. The van der Waals surface area contributed by atoms with Crippen molar-refractivity contribution in [2.24, 2.45) is 5.73 Å². The topological polar surface area (TPSA) is 57.5 Å². The van der Waals surface area contributed by atoms with Gasteiger partial charge >= 0.3 is 0 Å². The summed E-state index contributed by atoms with van der Waals surface area (Å²) in [4.78, 5) is 0. The highest BCUT2D eigenvalue weighted by molar-refractivity contribution is 4.47. The zero-order valence-electron chi connectivity index (χ0n) is 14.3. The Morgan fingerprint density at radius 2 is 0.895 bits per heavy atom. The Labute approximate surface area is 122 Å². The molecule has 3 nitrogen and oxygen atoms in total. The lowest BCUT2D eigenvalue weighted by Gasteiger charge is -2.14. The van der Waals surface area contributed by atoms with Crippen molar-refractivity contribution in [1.29, 1.82) is 0 Å². The quantitative estimate of drug-likeness (QED) is 0.483. The molecule has 4 N–H and O–H groups in total. The molecule has 0 saturated carbocycles. The average Bonchev–Trinajstić information content (AvgIpc) is 2.25. The monoisotopic (exact) mass is 277 g/mol. The zero-order chi connectivity index (χ0) is 14.3. The summed E-state index contributed by atoms with van der Waals surface area (Å²) >= 11 is 0. The van der Waals surface area contributed by atoms with Gasteiger partial charge in [0.1, 0.15) is 0 Å². The second kappa shape index (κ2) is 17.9. The molecule has 0 rings (SSSR count). The van der Waals surface area contributed by atoms with Crippen LogP contribution >= 0.6 is 0 Å². The van der Waals surface area contributed by atoms with E-state index in [1.165, 1.54) is 64.2 Å². The smallest absolute Gasteiger partial charge is 0.0675 e. The van der Waals surface area contributed by atoms with E-state index in [4.69, 9.17) is 5.73 Å². The molecule has 3 heteroatoms. The minimum Gasteiger partial charge on any atom is -0.412 e. The van der Waals surface area contributed by atoms with E-state index in [-0.39, 0.29) is 5.48 Å². The van der Waals surface area contributed by atoms with Gasteiger partial charge in [0.25, 0.3) is 0 Å². The van der Waals surface area contributed by atoms with Gasteiger partial charge in [-0.1, -0.05) is 64.7 Å². The molecule has 0 atom stereocenters. The molecule has 0 aromatic rings. The molecule has 0 unspecified atom stereocenters. The molecule has 120 valence electrons. The van der Waals surface area contributed by atoms with E-state index in [2.05, 4.69) is 35.1 Å². The number of unbranched alkanes of at least 4 members (excludes halogenated alkanes) is 9. The van der Waals surface area contributed by atoms with Gasteiger partial charge in [-0.25, -0.2) is 0 Å². The van der Waals surface area contributed by atoms with Crippen molar-refractivity contribution in [2.45, 2.75) is 71.1 Å². The number of nitrogens with two attached hydrogens (primary N) is 1. The highest BCUT2D eigenvalue weighted by Gasteiger charge is 1.91. The van der Waals surface area contributed by atoms with E-state index in [0.29, 0.717) is 0 Å². The van der Waals surface area contributed by atoms with Crippen LogP contribution in [0.3, 0.4) is 0 Å². The van der Waals surface area contributed by atoms with Crippen molar-refractivity contribution in [3.05, 3.63) is 0 Å². The van der Waals surface area contributed by atoms with Crippen LogP contribution in [0.25, 0.3) is 0 Å². The summed E-state index contributed by atoms with van der Waals surface area (Å²) < 4.78 is 1.00. The van der Waals surface area contributed by atoms with E-state index < -0.39 is 0 Å². The third kappa shape index (κ3) is 46.2. The van der Waals surface area contributed by atoms with Crippen molar-refractivity contribution in [2.75, 3.05) is 34.7 Å². The summed E-state index contributed by atoms with van der Waals surface area (Å²) in [5, 5.41) is 0. The number of quaternary nitrogens is 1. The van der Waals surface area contributed by atoms with Gasteiger partial charge < -0.3 is 15.7 Å². The number of rotatable bonds is 10. The molecule has 0 spiro atoms. The fraction of sp³-hybridized carbons (Fsp3) is 1.00. The maximum atomic E-state index is 5.42. The maximum absolute atomic E-state index is 5.42. The first-order valence-corrected chi connectivity index (χ1v) is 7.90. The van der Waals surface area contributed by atoms with Gasteiger partial charge in [0.15, 0.2) is 0 Å². The standard InChI is InChI=1S/C12H27N.C4H12N.H2O/c1-2-3-4-5-6-7-8-9-10-11-12-13;1-5(2,3)4;/h2-13H2,1H3;1-4H3;1H2/q;+1;. The van der Waals surface area contributed by atoms with Crippen LogP contribution in [0, 0.1) is 0 Å². The van der Waals surface area contributed by atoms with Gasteiger partial charge in [-0.15, -0.1) is 0 Å². The van der Waals surface area contributed by atoms with E-state index in [1.54, 1.807) is 0 Å². The fourth-order valence-corrected chi connectivity index (χ4v) is 1.63. The molecule has 0 aliphatic heterocycles. The Balaban J connectivity index is -0.000000366. The van der Waals surface area contributed by atoms with Crippen LogP contribution in [-0.2, 0) is 0 Å². The van der Waals surface area contributed by atoms with Crippen molar-refractivity contribution in [3.8, 4) is 0 Å². The summed E-state index contributed by atoms with van der Waals surface area (Å²) in [6.45, 7) is 3.14. The van der Waals surface area contributed by atoms with Gasteiger partial charge in [-0.2, -0.15) is 0 Å². The third-order valence-electron chi connectivity index (χ3n) is 2.56. The van der Waals surface area contributed by atoms with Gasteiger partial charge in [-0.05, 0) is 13.0 Å². The predicted molar refractivity (Wildman–Crippen MR) is 88.5 cm³/mol. The molecule has 0 aromatic carbocycles. The minimum absolute atomic E-state index is 0. The molecule has 0 amide bonds. The lowest BCUT2D eigenvalue weighted by Crippen LogP contribution is -2.27. The second-order valence-electron chi connectivity index (χ2n) is 6.65. The summed E-state index contributed by atoms with van der Waals surface area (Å²) in [5.41, 5.74) is 5.42. The van der Waals surface area contributed by atoms with Crippen LogP contribution in [-0.4, -0.2) is 44.7 Å². The Kier molecular flexibility index (Phi) is 22.5. The van der Waals surface area contributed by atoms with Crippen LogP contribution < -0.4 is 5.73 Å². The molecule has 0 aliphatic carbocycles. The lowest BCUT2D eigenvalue weighted by molar-refractivity contribution is -0.849. The molecule has 0 saturated heterocycles. The van der Waals surface area contributed by atoms with Gasteiger partial charge in [0.2, 0.25) is 0 Å². The van der Waals surface area contributed by atoms with Gasteiger partial charge in [0, 0.05) is 0 Å². The van der Waals surface area contributed by atoms with E-state index in [9.17, 15) is 0 Å². The molecule has 0 radical (unpaired) electrons. The molecule has 0 bridgehead atoms. The highest BCUT2D eigenvalue weighted by atomic mass is 16.0. The van der Waals surface area contributed by atoms with Crippen LogP contribution in [0.15, 0.2) is 0 Å². The van der Waals surface area contributed by atoms with Crippen LogP contribution in [0.5, 0.6) is 0 Å². The Bertz CT molecular complexity index is 128. The average molecular weight is 278 g/mol. The highest BCUT2D eigenvalue weighted by Crippen LogP contribution is 2.09. The first-order chi connectivity index (χ1) is 8.41. The molecule has 0 fully saturated rings. The molecule has 0 heterocycles. The SMILES string of the molecule is CCCCCCCCCCCCN.C[N+](C)(C)C.O. The van der Waals surface area contributed by atoms with Gasteiger partial charge in [-0.3, -0.25) is 0 Å². The van der Waals surface area contributed by atoms with Crippen molar-refractivity contribution < 1.29 is 9.96 Å². The summed E-state index contributed by atoms with van der Waals surface area (Å²) in [5.74, 6) is 0. The molecule has 0 aliphatic rings. The van der Waals surface area contributed by atoms with Crippen LogP contribution in [0.2, 0.25) is 0 Å². The van der Waals surface area contributed by atoms with E-state index in [1.807, 2.05) is 0 Å². The zero-order valence-corrected chi connectivity index (χ0v) is 14.3. The van der Waals surface area contributed by atoms with Crippen LogP contribution in [0.4, 0.5) is 0 Å². The largest absolute Gasteiger partial charge is 0.412 e. The van der Waals surface area contributed by atoms with Gasteiger partial charge in [0.05, 0.1) is 28.2 Å². The molecular weight excluding hydrogens is 236 g/mol. The van der Waals surface area contributed by atoms with Crippen molar-refractivity contribution in [3.63, 3.8) is 0 Å². The number of hydrogen-bond acceptors (Lipinski definition) is 1. The Hall–Kier alpha value is -0.120. The number of nitrogens with zero attached hydrogens (tertiary/aromatic N) is 1. The number of hydrogen-bond donors (Lipinski definition) is 1. The Morgan fingerprint density at radius 3 is 1.16 bits per heavy atom. The van der Waals surface area contributed by atoms with Crippen molar-refractivity contribution >= 4 is 0 Å². The molecular formula is C16H41N2O+. The van der Waals surface area contributed by atoms with E-state index in [0.717, 1.165) is 11.0 Å². The maximum Gasteiger partial charge on any atom is 0.0675 e. The minimum atomic E-state index is 0. The second-order valence-corrected chi connectivity index (χ2v) is 6.65. The first-order valence-electron chi connectivity index (χ1n) is 7.90. The van der Waals surface area contributed by atoms with E-state index >= 15 is 0 Å². The normalized spacial score (nSPS) is 10.4. The molecule has 19 heavy (non-hydrogen) atoms. The Morgan fingerprint density at radius 1 is 0.632 bits per heavy atom. The fourth-order valence-electron chi connectivity index (χ4n) is 1.63. The third-order valence-corrected chi connectivity index (χ3v) is 2.56. The van der Waals surface area contributed by atoms with Crippen LogP contribution in [0.1, 0.15) is 71.1 Å².